The molecule has 0 aliphatic carbocycles. The summed E-state index contributed by atoms with van der Waals surface area (Å²) in [6.07, 6.45) is 0. The average Bonchev–Trinajstić information content (AvgIpc) is 2.94. The smallest absolute Gasteiger partial charge is 0.264 e. The van der Waals surface area contributed by atoms with Gasteiger partial charge < -0.3 is 19.7 Å². The van der Waals surface area contributed by atoms with Gasteiger partial charge in [0.2, 0.25) is 0 Å². The van der Waals surface area contributed by atoms with Gasteiger partial charge in [0.05, 0.1) is 7.11 Å². The second-order valence-corrected chi connectivity index (χ2v) is 4.67. The highest BCUT2D eigenvalue weighted by molar-refractivity contribution is 5.40. The fourth-order valence-corrected chi connectivity index (χ4v) is 1.68. The van der Waals surface area contributed by atoms with Crippen LogP contribution in [0, 0.1) is 0 Å². The van der Waals surface area contributed by atoms with E-state index >= 15 is 0 Å². The molecule has 0 saturated carbocycles. The number of benzene rings is 1. The summed E-state index contributed by atoms with van der Waals surface area (Å²) in [6.45, 7) is 4.60. The van der Waals surface area contributed by atoms with Crippen LogP contribution in [0.5, 0.6) is 11.5 Å². The topological polar surface area (TPSA) is 83.4 Å². The van der Waals surface area contributed by atoms with Crippen LogP contribution in [0.15, 0.2) is 22.7 Å². The van der Waals surface area contributed by atoms with Crippen LogP contribution in [0.25, 0.3) is 0 Å². The second kappa shape index (κ2) is 6.38. The lowest BCUT2D eigenvalue weighted by Gasteiger charge is -2.10. The summed E-state index contributed by atoms with van der Waals surface area (Å²) in [4.78, 5) is 4.26. The Balaban J connectivity index is 2.06. The second-order valence-electron chi connectivity index (χ2n) is 4.67. The Morgan fingerprint density at radius 2 is 2.15 bits per heavy atom. The number of nitrogens with two attached hydrogens (primary N) is 1. The largest absolute Gasteiger partial charge is 0.497 e. The molecule has 0 bridgehead atoms. The predicted octanol–water partition coefficient (Wildman–Crippen LogP) is 2.24. The van der Waals surface area contributed by atoms with Gasteiger partial charge in [0.15, 0.2) is 12.4 Å². The van der Waals surface area contributed by atoms with E-state index < -0.39 is 0 Å². The highest BCUT2D eigenvalue weighted by Gasteiger charge is 2.11. The van der Waals surface area contributed by atoms with Crippen molar-refractivity contribution >= 4 is 0 Å². The normalized spacial score (nSPS) is 10.8. The molecule has 0 spiro atoms. The molecule has 2 aromatic rings. The van der Waals surface area contributed by atoms with Gasteiger partial charge in [-0.15, -0.1) is 0 Å². The zero-order valence-electron chi connectivity index (χ0n) is 11.9. The fraction of sp³-hybridized carbons (Fsp3) is 0.429. The SMILES string of the molecule is COc1ccc(OCc2nc(C(C)C)no2)c(CN)c1. The van der Waals surface area contributed by atoms with E-state index in [4.69, 9.17) is 19.7 Å². The molecule has 0 aliphatic rings. The van der Waals surface area contributed by atoms with Crippen molar-refractivity contribution < 1.29 is 14.0 Å². The quantitative estimate of drug-likeness (QED) is 0.871. The summed E-state index contributed by atoms with van der Waals surface area (Å²) in [5.41, 5.74) is 6.57. The number of methoxy groups -OCH3 is 1. The van der Waals surface area contributed by atoms with Gasteiger partial charge in [0.25, 0.3) is 5.89 Å². The lowest BCUT2D eigenvalue weighted by molar-refractivity contribution is 0.240. The summed E-state index contributed by atoms with van der Waals surface area (Å²) in [6, 6.07) is 5.49. The Hall–Kier alpha value is -2.08. The maximum atomic E-state index is 5.70. The number of hydrogen-bond acceptors (Lipinski definition) is 6. The van der Waals surface area contributed by atoms with E-state index in [9.17, 15) is 0 Å². The van der Waals surface area contributed by atoms with Crippen LogP contribution in [0.2, 0.25) is 0 Å². The highest BCUT2D eigenvalue weighted by atomic mass is 16.5. The van der Waals surface area contributed by atoms with E-state index in [1.165, 1.54) is 0 Å². The van der Waals surface area contributed by atoms with Gasteiger partial charge in [-0.2, -0.15) is 4.98 Å². The number of hydrogen-bond donors (Lipinski definition) is 1. The first-order valence-electron chi connectivity index (χ1n) is 6.46. The van der Waals surface area contributed by atoms with Gasteiger partial charge in [-0.05, 0) is 18.2 Å². The highest BCUT2D eigenvalue weighted by Crippen LogP contribution is 2.24. The van der Waals surface area contributed by atoms with Gasteiger partial charge in [-0.1, -0.05) is 19.0 Å². The molecule has 1 aromatic carbocycles. The Bertz CT molecular complexity index is 567. The third-order valence-electron chi connectivity index (χ3n) is 2.84. The third kappa shape index (κ3) is 3.27. The van der Waals surface area contributed by atoms with Crippen molar-refractivity contribution in [1.82, 2.24) is 10.1 Å². The molecule has 1 aromatic heterocycles. The molecule has 6 nitrogen and oxygen atoms in total. The van der Waals surface area contributed by atoms with Crippen molar-refractivity contribution in [2.75, 3.05) is 7.11 Å². The zero-order valence-corrected chi connectivity index (χ0v) is 11.9. The molecule has 0 saturated heterocycles. The van der Waals surface area contributed by atoms with E-state index in [1.54, 1.807) is 7.11 Å². The van der Waals surface area contributed by atoms with Crippen molar-refractivity contribution in [3.05, 3.63) is 35.5 Å². The Morgan fingerprint density at radius 1 is 1.35 bits per heavy atom. The number of nitrogens with zero attached hydrogens (tertiary/aromatic N) is 2. The molecule has 0 radical (unpaired) electrons. The summed E-state index contributed by atoms with van der Waals surface area (Å²) < 4.78 is 16.0. The molecule has 0 amide bonds. The van der Waals surface area contributed by atoms with Gasteiger partial charge in [0, 0.05) is 18.0 Å². The number of ether oxygens (including phenoxy) is 2. The molecule has 20 heavy (non-hydrogen) atoms. The maximum absolute atomic E-state index is 5.70. The maximum Gasteiger partial charge on any atom is 0.264 e. The monoisotopic (exact) mass is 277 g/mol. The van der Waals surface area contributed by atoms with Crippen molar-refractivity contribution in [1.29, 1.82) is 0 Å². The van der Waals surface area contributed by atoms with Crippen molar-refractivity contribution in [2.45, 2.75) is 32.9 Å². The van der Waals surface area contributed by atoms with Crippen molar-refractivity contribution in [2.24, 2.45) is 5.73 Å². The van der Waals surface area contributed by atoms with E-state index in [2.05, 4.69) is 10.1 Å². The molecule has 2 N–H and O–H groups in total. The van der Waals surface area contributed by atoms with Gasteiger partial charge in [-0.3, -0.25) is 0 Å². The molecule has 0 atom stereocenters. The Morgan fingerprint density at radius 3 is 2.75 bits per heavy atom. The van der Waals surface area contributed by atoms with Crippen LogP contribution in [-0.4, -0.2) is 17.3 Å². The minimum atomic E-state index is 0.221. The molecule has 108 valence electrons. The van der Waals surface area contributed by atoms with Gasteiger partial charge in [-0.25, -0.2) is 0 Å². The molecule has 2 rings (SSSR count). The predicted molar refractivity (Wildman–Crippen MR) is 73.6 cm³/mol. The van der Waals surface area contributed by atoms with Gasteiger partial charge >= 0.3 is 0 Å². The first-order valence-corrected chi connectivity index (χ1v) is 6.46. The molecule has 1 heterocycles. The van der Waals surface area contributed by atoms with Crippen LogP contribution < -0.4 is 15.2 Å². The van der Waals surface area contributed by atoms with Crippen molar-refractivity contribution in [3.63, 3.8) is 0 Å². The Labute approximate surface area is 117 Å². The van der Waals surface area contributed by atoms with Crippen LogP contribution in [0.3, 0.4) is 0 Å². The van der Waals surface area contributed by atoms with E-state index in [0.29, 0.717) is 24.0 Å². The van der Waals surface area contributed by atoms with Gasteiger partial charge in [0.1, 0.15) is 11.5 Å². The lowest BCUT2D eigenvalue weighted by Crippen LogP contribution is -2.03. The molecular formula is C14H19N3O3. The van der Waals surface area contributed by atoms with Crippen molar-refractivity contribution in [3.8, 4) is 11.5 Å². The van der Waals surface area contributed by atoms with Crippen LogP contribution in [0.4, 0.5) is 0 Å². The van der Waals surface area contributed by atoms with Crippen LogP contribution in [-0.2, 0) is 13.2 Å². The summed E-state index contributed by atoms with van der Waals surface area (Å²) in [5.74, 6) is 2.80. The summed E-state index contributed by atoms with van der Waals surface area (Å²) >= 11 is 0. The zero-order chi connectivity index (χ0) is 14.5. The van der Waals surface area contributed by atoms with E-state index in [1.807, 2.05) is 32.0 Å². The standard InChI is InChI=1S/C14H19N3O3/c1-9(2)14-16-13(20-17-14)8-19-12-5-4-11(18-3)6-10(12)7-15/h4-6,9H,7-8,15H2,1-3H3. The minimum absolute atomic E-state index is 0.221. The molecular weight excluding hydrogens is 258 g/mol. The van der Waals surface area contributed by atoms with Crippen LogP contribution >= 0.6 is 0 Å². The first kappa shape index (κ1) is 14.3. The first-order chi connectivity index (χ1) is 9.63. The molecule has 6 heteroatoms. The third-order valence-corrected chi connectivity index (χ3v) is 2.84. The van der Waals surface area contributed by atoms with E-state index in [0.717, 1.165) is 11.3 Å². The van der Waals surface area contributed by atoms with E-state index in [-0.39, 0.29) is 12.5 Å². The Kier molecular flexibility index (Phi) is 4.57. The average molecular weight is 277 g/mol. The summed E-state index contributed by atoms with van der Waals surface area (Å²) in [7, 11) is 1.61. The summed E-state index contributed by atoms with van der Waals surface area (Å²) in [5, 5.41) is 3.89. The molecule has 0 aliphatic heterocycles. The van der Waals surface area contributed by atoms with Crippen LogP contribution in [0.1, 0.15) is 37.0 Å². The number of rotatable bonds is 6. The minimum Gasteiger partial charge on any atom is -0.497 e. The fourth-order valence-electron chi connectivity index (χ4n) is 1.68. The molecule has 0 fully saturated rings. The number of aromatic nitrogens is 2. The molecule has 0 unspecified atom stereocenters. The lowest BCUT2D eigenvalue weighted by atomic mass is 10.2.